The first-order valence-corrected chi connectivity index (χ1v) is 6.47. The number of carbonyl (C=O) groups excluding carboxylic acids is 1. The highest BCUT2D eigenvalue weighted by atomic mass is 32.2. The van der Waals surface area contributed by atoms with Crippen molar-refractivity contribution in [3.63, 3.8) is 0 Å². The van der Waals surface area contributed by atoms with Crippen LogP contribution in [0.3, 0.4) is 0 Å². The van der Waals surface area contributed by atoms with Gasteiger partial charge in [-0.2, -0.15) is 0 Å². The van der Waals surface area contributed by atoms with Gasteiger partial charge in [0.15, 0.2) is 0 Å². The minimum absolute atomic E-state index is 0.182. The van der Waals surface area contributed by atoms with Gasteiger partial charge in [0.05, 0.1) is 24.0 Å². The minimum atomic E-state index is -1.01. The fourth-order valence-corrected chi connectivity index (χ4v) is 4.04. The van der Waals surface area contributed by atoms with Crippen LogP contribution in [0.1, 0.15) is 6.92 Å². The number of aliphatic hydroxyl groups is 1. The van der Waals surface area contributed by atoms with Crippen molar-refractivity contribution in [3.05, 3.63) is 11.1 Å². The lowest BCUT2D eigenvalue weighted by atomic mass is 9.97. The average Bonchev–Trinajstić information content (AvgIpc) is 2.64. The van der Waals surface area contributed by atoms with Crippen LogP contribution in [0.15, 0.2) is 11.1 Å². The summed E-state index contributed by atoms with van der Waals surface area (Å²) < 4.78 is 5.00. The number of ether oxygens (including phenoxy) is 1. The molecule has 2 saturated heterocycles. The van der Waals surface area contributed by atoms with Crippen LogP contribution in [0.5, 0.6) is 0 Å². The van der Waals surface area contributed by atoms with E-state index in [1.807, 2.05) is 0 Å². The molecule has 2 aliphatic rings. The lowest BCUT2D eigenvalue weighted by molar-refractivity contribution is -0.152. The number of carboxylic acids is 1. The summed E-state index contributed by atoms with van der Waals surface area (Å²) in [6.45, 7) is 1.79. The molecule has 3 atom stereocenters. The Morgan fingerprint density at radius 1 is 1.56 bits per heavy atom. The van der Waals surface area contributed by atoms with E-state index < -0.39 is 12.0 Å². The van der Waals surface area contributed by atoms with Crippen LogP contribution in [-0.4, -0.2) is 64.0 Å². The summed E-state index contributed by atoms with van der Waals surface area (Å²) in [6.07, 6.45) is 0. The number of aliphatic hydroxyl groups excluding tert-OH is 1. The summed E-state index contributed by atoms with van der Waals surface area (Å²) in [5, 5.41) is 17.7. The number of carbonyl (C=O) groups is 2. The molecule has 0 aromatic heterocycles. The van der Waals surface area contributed by atoms with E-state index in [1.165, 1.54) is 23.8 Å². The maximum atomic E-state index is 11.9. The van der Waals surface area contributed by atoms with Crippen LogP contribution in [-0.2, 0) is 14.3 Å². The molecule has 0 radical (unpaired) electrons. The summed E-state index contributed by atoms with van der Waals surface area (Å²) in [4.78, 5) is 24.6. The van der Waals surface area contributed by atoms with Gasteiger partial charge in [0.1, 0.15) is 11.4 Å². The molecule has 100 valence electrons. The Kier molecular flexibility index (Phi) is 3.65. The van der Waals surface area contributed by atoms with E-state index in [2.05, 4.69) is 0 Å². The number of hydrogen-bond acceptors (Lipinski definition) is 5. The number of nitrogens with zero attached hydrogens (tertiary/aromatic N) is 1. The third-order valence-corrected chi connectivity index (χ3v) is 4.67. The molecule has 0 spiro atoms. The Labute approximate surface area is 109 Å². The average molecular weight is 273 g/mol. The number of hydrogen-bond donors (Lipinski definition) is 2. The molecular formula is C11H15NO5S. The van der Waals surface area contributed by atoms with Crippen LogP contribution in [0.2, 0.25) is 0 Å². The highest BCUT2D eigenvalue weighted by Crippen LogP contribution is 2.48. The first kappa shape index (κ1) is 13.4. The summed E-state index contributed by atoms with van der Waals surface area (Å²) in [7, 11) is 1.51. The van der Waals surface area contributed by atoms with E-state index in [4.69, 9.17) is 9.84 Å². The van der Waals surface area contributed by atoms with Crippen LogP contribution < -0.4 is 0 Å². The Morgan fingerprint density at radius 3 is 2.72 bits per heavy atom. The summed E-state index contributed by atoms with van der Waals surface area (Å²) in [5.74, 6) is -1.30. The Morgan fingerprint density at radius 2 is 2.22 bits per heavy atom. The van der Waals surface area contributed by atoms with E-state index in [0.717, 1.165) is 0 Å². The molecule has 0 aliphatic carbocycles. The highest BCUT2D eigenvalue weighted by molar-refractivity contribution is 8.01. The van der Waals surface area contributed by atoms with Crippen LogP contribution in [0.25, 0.3) is 0 Å². The zero-order valence-electron chi connectivity index (χ0n) is 10.1. The molecule has 2 rings (SSSR count). The number of fused-ring (bicyclic) bond motifs is 1. The fourth-order valence-electron chi connectivity index (χ4n) is 2.30. The van der Waals surface area contributed by atoms with Crippen molar-refractivity contribution in [2.75, 3.05) is 20.3 Å². The van der Waals surface area contributed by atoms with Crippen molar-refractivity contribution in [3.8, 4) is 0 Å². The molecule has 1 amide bonds. The van der Waals surface area contributed by atoms with Crippen molar-refractivity contribution >= 4 is 23.6 Å². The van der Waals surface area contributed by atoms with Crippen molar-refractivity contribution < 1.29 is 24.5 Å². The van der Waals surface area contributed by atoms with Gasteiger partial charge in [0.25, 0.3) is 5.91 Å². The zero-order chi connectivity index (χ0) is 13.4. The third-order valence-electron chi connectivity index (χ3n) is 3.20. The Hall–Kier alpha value is -1.05. The van der Waals surface area contributed by atoms with E-state index in [0.29, 0.717) is 11.1 Å². The van der Waals surface area contributed by atoms with E-state index in [9.17, 15) is 14.7 Å². The van der Waals surface area contributed by atoms with Gasteiger partial charge >= 0.3 is 5.97 Å². The van der Waals surface area contributed by atoms with Gasteiger partial charge < -0.3 is 19.8 Å². The van der Waals surface area contributed by atoms with Gasteiger partial charge in [-0.1, -0.05) is 0 Å². The lowest BCUT2D eigenvalue weighted by Crippen LogP contribution is -2.58. The first-order chi connectivity index (χ1) is 8.52. The van der Waals surface area contributed by atoms with Gasteiger partial charge in [0.2, 0.25) is 0 Å². The number of β-lactam (4-membered cyclic amide) rings is 1. The molecular weight excluding hydrogens is 258 g/mol. The molecule has 2 unspecified atom stereocenters. The summed E-state index contributed by atoms with van der Waals surface area (Å²) in [5.41, 5.74) is 1.14. The second kappa shape index (κ2) is 4.91. The van der Waals surface area contributed by atoms with Crippen LogP contribution >= 0.6 is 11.8 Å². The minimum Gasteiger partial charge on any atom is -0.480 e. The smallest absolute Gasteiger partial charge is 0.327 e. The second-order valence-corrected chi connectivity index (χ2v) is 5.65. The quantitative estimate of drug-likeness (QED) is 0.539. The molecule has 2 heterocycles. The van der Waals surface area contributed by atoms with Gasteiger partial charge in [-0.15, -0.1) is 11.8 Å². The maximum absolute atomic E-state index is 11.9. The van der Waals surface area contributed by atoms with Crippen molar-refractivity contribution in [2.24, 2.45) is 0 Å². The van der Waals surface area contributed by atoms with Crippen molar-refractivity contribution in [2.45, 2.75) is 23.6 Å². The summed E-state index contributed by atoms with van der Waals surface area (Å²) in [6, 6.07) is -0.845. The Balaban J connectivity index is 2.27. The monoisotopic (exact) mass is 273 g/mol. The van der Waals surface area contributed by atoms with E-state index in [1.54, 1.807) is 6.92 Å². The third kappa shape index (κ3) is 1.82. The van der Waals surface area contributed by atoms with Gasteiger partial charge in [-0.3, -0.25) is 4.79 Å². The zero-order valence-corrected chi connectivity index (χ0v) is 10.9. The van der Waals surface area contributed by atoms with Gasteiger partial charge in [0, 0.05) is 7.11 Å². The largest absolute Gasteiger partial charge is 0.480 e. The highest BCUT2D eigenvalue weighted by Gasteiger charge is 2.58. The fraction of sp³-hybridized carbons (Fsp3) is 0.636. The maximum Gasteiger partial charge on any atom is 0.327 e. The molecule has 0 aromatic rings. The first-order valence-electron chi connectivity index (χ1n) is 5.53. The Bertz CT molecular complexity index is 422. The molecule has 18 heavy (non-hydrogen) atoms. The van der Waals surface area contributed by atoms with Crippen LogP contribution in [0.4, 0.5) is 0 Å². The normalized spacial score (nSPS) is 33.2. The van der Waals surface area contributed by atoms with Crippen LogP contribution in [0, 0.1) is 0 Å². The number of aliphatic carboxylic acids is 1. The molecule has 2 N–H and O–H groups in total. The van der Waals surface area contributed by atoms with Gasteiger partial charge in [-0.25, -0.2) is 4.79 Å². The molecule has 0 saturated carbocycles. The molecule has 7 heteroatoms. The molecule has 0 bridgehead atoms. The molecule has 2 aliphatic heterocycles. The number of carboxylic acid groups (broad SMARTS) is 1. The van der Waals surface area contributed by atoms with Gasteiger partial charge in [-0.05, 0) is 12.5 Å². The predicted octanol–water partition coefficient (Wildman–Crippen LogP) is -0.322. The predicted molar refractivity (Wildman–Crippen MR) is 65.1 cm³/mol. The SMILES string of the molecule is COCC1S[C@@H]2/C(=C(/C)CO)C(=O)N2C1C(=O)O. The standard InChI is InChI=1S/C11H15NO5S/c1-5(3-13)7-9(14)12-8(11(15)16)6(4-17-2)18-10(7)12/h6,8,10,13H,3-4H2,1-2H3,(H,15,16)/b7-5-/t6?,8?,10-/m1/s1. The topological polar surface area (TPSA) is 87.1 Å². The lowest BCUT2D eigenvalue weighted by Gasteiger charge is -2.39. The number of thioether (sulfide) groups is 1. The number of methoxy groups -OCH3 is 1. The second-order valence-electron chi connectivity index (χ2n) is 4.33. The summed E-state index contributed by atoms with van der Waals surface area (Å²) >= 11 is 1.41. The molecule has 2 fully saturated rings. The van der Waals surface area contributed by atoms with Crippen molar-refractivity contribution in [1.82, 2.24) is 4.90 Å². The van der Waals surface area contributed by atoms with E-state index >= 15 is 0 Å². The van der Waals surface area contributed by atoms with Crippen molar-refractivity contribution in [1.29, 1.82) is 0 Å². The van der Waals surface area contributed by atoms with E-state index in [-0.39, 0.29) is 29.7 Å². The molecule has 0 aromatic carbocycles. The molecule has 6 nitrogen and oxygen atoms in total. The number of rotatable bonds is 4. The number of amides is 1.